The Morgan fingerprint density at radius 3 is 2.81 bits per heavy atom. The minimum atomic E-state index is -0.119. The Balaban J connectivity index is 1.60. The predicted octanol–water partition coefficient (Wildman–Crippen LogP) is 3.18. The molecular formula is C16H17BrN2O2. The van der Waals surface area contributed by atoms with Crippen molar-refractivity contribution < 1.29 is 9.53 Å². The second kappa shape index (κ2) is 8.54. The van der Waals surface area contributed by atoms with Crippen molar-refractivity contribution in [1.29, 1.82) is 0 Å². The number of amides is 1. The van der Waals surface area contributed by atoms with Crippen molar-refractivity contribution in [2.75, 3.05) is 13.2 Å². The lowest BCUT2D eigenvalue weighted by Crippen LogP contribution is -2.25. The maximum absolute atomic E-state index is 11.8. The summed E-state index contributed by atoms with van der Waals surface area (Å²) in [7, 11) is 0. The minimum absolute atomic E-state index is 0.119. The number of aromatic nitrogens is 1. The molecule has 2 rings (SSSR count). The Morgan fingerprint density at radius 1 is 1.24 bits per heavy atom. The number of hydrogen-bond acceptors (Lipinski definition) is 3. The monoisotopic (exact) mass is 348 g/mol. The molecule has 21 heavy (non-hydrogen) atoms. The number of benzene rings is 1. The standard InChI is InChI=1S/C16H17BrN2O2/c17-15-9-14(10-18-11-15)16(20)19-7-4-8-21-12-13-5-2-1-3-6-13/h1-3,5-6,9-11H,4,7-8,12H2,(H,19,20). The molecule has 5 heteroatoms. The third-order valence-corrected chi connectivity index (χ3v) is 3.26. The van der Waals surface area contributed by atoms with Gasteiger partial charge >= 0.3 is 0 Å². The fraction of sp³-hybridized carbons (Fsp3) is 0.250. The smallest absolute Gasteiger partial charge is 0.252 e. The average Bonchev–Trinajstić information content (AvgIpc) is 2.51. The van der Waals surface area contributed by atoms with Crippen molar-refractivity contribution in [1.82, 2.24) is 10.3 Å². The zero-order chi connectivity index (χ0) is 14.9. The van der Waals surface area contributed by atoms with Crippen molar-refractivity contribution in [3.05, 3.63) is 64.4 Å². The Labute approximate surface area is 132 Å². The zero-order valence-electron chi connectivity index (χ0n) is 11.6. The van der Waals surface area contributed by atoms with E-state index in [-0.39, 0.29) is 5.91 Å². The van der Waals surface area contributed by atoms with E-state index in [9.17, 15) is 4.79 Å². The minimum Gasteiger partial charge on any atom is -0.377 e. The molecule has 0 atom stereocenters. The number of carbonyl (C=O) groups is 1. The molecule has 1 aromatic carbocycles. The summed E-state index contributed by atoms with van der Waals surface area (Å²) in [6.45, 7) is 1.80. The average molecular weight is 349 g/mol. The van der Waals surface area contributed by atoms with E-state index < -0.39 is 0 Å². The van der Waals surface area contributed by atoms with Gasteiger partial charge in [0.05, 0.1) is 12.2 Å². The highest BCUT2D eigenvalue weighted by Gasteiger charge is 2.05. The number of rotatable bonds is 7. The molecule has 0 bridgehead atoms. The first-order valence-electron chi connectivity index (χ1n) is 6.76. The topological polar surface area (TPSA) is 51.2 Å². The van der Waals surface area contributed by atoms with Gasteiger partial charge in [-0.1, -0.05) is 30.3 Å². The van der Waals surface area contributed by atoms with Gasteiger partial charge in [-0.3, -0.25) is 9.78 Å². The maximum atomic E-state index is 11.8. The Kier molecular flexibility index (Phi) is 6.37. The van der Waals surface area contributed by atoms with Gasteiger partial charge in [-0.2, -0.15) is 0 Å². The zero-order valence-corrected chi connectivity index (χ0v) is 13.2. The molecular weight excluding hydrogens is 332 g/mol. The number of nitrogens with zero attached hydrogens (tertiary/aromatic N) is 1. The number of nitrogens with one attached hydrogen (secondary N) is 1. The van der Waals surface area contributed by atoms with Gasteiger partial charge in [-0.25, -0.2) is 0 Å². The van der Waals surface area contributed by atoms with Crippen LogP contribution in [0.5, 0.6) is 0 Å². The first-order valence-corrected chi connectivity index (χ1v) is 7.55. The highest BCUT2D eigenvalue weighted by atomic mass is 79.9. The number of pyridine rings is 1. The van der Waals surface area contributed by atoms with Crippen molar-refractivity contribution in [3.63, 3.8) is 0 Å². The number of hydrogen-bond donors (Lipinski definition) is 1. The summed E-state index contributed by atoms with van der Waals surface area (Å²) in [5, 5.41) is 2.85. The van der Waals surface area contributed by atoms with Crippen LogP contribution in [0.4, 0.5) is 0 Å². The van der Waals surface area contributed by atoms with Gasteiger partial charge in [0, 0.05) is 30.0 Å². The molecule has 0 fully saturated rings. The van der Waals surface area contributed by atoms with Crippen molar-refractivity contribution in [2.45, 2.75) is 13.0 Å². The molecule has 1 amide bonds. The van der Waals surface area contributed by atoms with Crippen LogP contribution in [-0.2, 0) is 11.3 Å². The van der Waals surface area contributed by atoms with E-state index >= 15 is 0 Å². The fourth-order valence-electron chi connectivity index (χ4n) is 1.78. The quantitative estimate of drug-likeness (QED) is 0.781. The first-order chi connectivity index (χ1) is 10.3. The number of carbonyl (C=O) groups excluding carboxylic acids is 1. The third kappa shape index (κ3) is 5.65. The molecule has 0 aliphatic rings. The molecule has 0 spiro atoms. The van der Waals surface area contributed by atoms with Crippen molar-refractivity contribution in [2.24, 2.45) is 0 Å². The highest BCUT2D eigenvalue weighted by molar-refractivity contribution is 9.10. The Hall–Kier alpha value is -1.72. The van der Waals surface area contributed by atoms with Crippen molar-refractivity contribution >= 4 is 21.8 Å². The first kappa shape index (κ1) is 15.7. The summed E-state index contributed by atoms with van der Waals surface area (Å²) in [6.07, 6.45) is 3.97. The molecule has 4 nitrogen and oxygen atoms in total. The van der Waals surface area contributed by atoms with E-state index in [0.717, 1.165) is 16.5 Å². The summed E-state index contributed by atoms with van der Waals surface area (Å²) in [5.41, 5.74) is 1.70. The van der Waals surface area contributed by atoms with Gasteiger partial charge in [-0.15, -0.1) is 0 Å². The van der Waals surface area contributed by atoms with Crippen molar-refractivity contribution in [3.8, 4) is 0 Å². The largest absolute Gasteiger partial charge is 0.377 e. The Morgan fingerprint density at radius 2 is 2.05 bits per heavy atom. The number of halogens is 1. The summed E-state index contributed by atoms with van der Waals surface area (Å²) >= 11 is 3.29. The molecule has 1 heterocycles. The van der Waals surface area contributed by atoms with Crippen LogP contribution in [0.25, 0.3) is 0 Å². The molecule has 1 N–H and O–H groups in total. The van der Waals surface area contributed by atoms with Crippen LogP contribution in [-0.4, -0.2) is 24.0 Å². The van der Waals surface area contributed by atoms with Gasteiger partial charge in [0.15, 0.2) is 0 Å². The second-order valence-corrected chi connectivity index (χ2v) is 5.46. The van der Waals surface area contributed by atoms with Gasteiger partial charge in [0.25, 0.3) is 5.91 Å². The summed E-state index contributed by atoms with van der Waals surface area (Å²) in [4.78, 5) is 15.8. The van der Waals surface area contributed by atoms with E-state index in [1.54, 1.807) is 18.5 Å². The number of ether oxygens (including phenoxy) is 1. The SMILES string of the molecule is O=C(NCCCOCc1ccccc1)c1cncc(Br)c1. The lowest BCUT2D eigenvalue weighted by molar-refractivity contribution is 0.0934. The van der Waals surface area contributed by atoms with Crippen LogP contribution in [0, 0.1) is 0 Å². The normalized spacial score (nSPS) is 10.3. The molecule has 110 valence electrons. The van der Waals surface area contributed by atoms with Crippen LogP contribution < -0.4 is 5.32 Å². The molecule has 0 saturated heterocycles. The van der Waals surface area contributed by atoms with Crippen LogP contribution in [0.15, 0.2) is 53.3 Å². The van der Waals surface area contributed by atoms with E-state index in [0.29, 0.717) is 25.3 Å². The molecule has 0 saturated carbocycles. The predicted molar refractivity (Wildman–Crippen MR) is 85.0 cm³/mol. The lowest BCUT2D eigenvalue weighted by Gasteiger charge is -2.06. The van der Waals surface area contributed by atoms with Crippen LogP contribution >= 0.6 is 15.9 Å². The molecule has 0 unspecified atom stereocenters. The van der Waals surface area contributed by atoms with Crippen LogP contribution in [0.1, 0.15) is 22.3 Å². The third-order valence-electron chi connectivity index (χ3n) is 2.83. The molecule has 0 radical (unpaired) electrons. The summed E-state index contributed by atoms with van der Waals surface area (Å²) in [6, 6.07) is 11.8. The van der Waals surface area contributed by atoms with Crippen LogP contribution in [0.3, 0.4) is 0 Å². The molecule has 0 aliphatic carbocycles. The molecule has 0 aliphatic heterocycles. The van der Waals surface area contributed by atoms with E-state index in [1.807, 2.05) is 30.3 Å². The van der Waals surface area contributed by atoms with Gasteiger partial charge < -0.3 is 10.1 Å². The molecule has 1 aromatic heterocycles. The Bertz CT molecular complexity index is 575. The van der Waals surface area contributed by atoms with E-state index in [4.69, 9.17) is 4.74 Å². The van der Waals surface area contributed by atoms with E-state index in [1.165, 1.54) is 0 Å². The van der Waals surface area contributed by atoms with Gasteiger partial charge in [-0.05, 0) is 34.0 Å². The van der Waals surface area contributed by atoms with Gasteiger partial charge in [0.2, 0.25) is 0 Å². The molecule has 2 aromatic rings. The van der Waals surface area contributed by atoms with E-state index in [2.05, 4.69) is 26.2 Å². The second-order valence-electron chi connectivity index (χ2n) is 4.54. The lowest BCUT2D eigenvalue weighted by atomic mass is 10.2. The fourth-order valence-corrected chi connectivity index (χ4v) is 2.14. The van der Waals surface area contributed by atoms with Crippen LogP contribution in [0.2, 0.25) is 0 Å². The summed E-state index contributed by atoms with van der Waals surface area (Å²) in [5.74, 6) is -0.119. The highest BCUT2D eigenvalue weighted by Crippen LogP contribution is 2.09. The maximum Gasteiger partial charge on any atom is 0.252 e. The summed E-state index contributed by atoms with van der Waals surface area (Å²) < 4.78 is 6.35. The van der Waals surface area contributed by atoms with Gasteiger partial charge in [0.1, 0.15) is 0 Å².